The summed E-state index contributed by atoms with van der Waals surface area (Å²) in [6.45, 7) is 5.56. The average molecular weight is 304 g/mol. The summed E-state index contributed by atoms with van der Waals surface area (Å²) in [4.78, 5) is 14.6. The van der Waals surface area contributed by atoms with Gasteiger partial charge in [-0.2, -0.15) is 0 Å². The molecule has 22 heavy (non-hydrogen) atoms. The molecule has 3 rings (SSSR count). The molecule has 1 aliphatic heterocycles. The van der Waals surface area contributed by atoms with Crippen LogP contribution in [0.3, 0.4) is 0 Å². The molecule has 2 fully saturated rings. The summed E-state index contributed by atoms with van der Waals surface area (Å²) in [6, 6.07) is 6.58. The first-order valence-corrected chi connectivity index (χ1v) is 8.16. The highest BCUT2D eigenvalue weighted by molar-refractivity contribution is 5.78. The second kappa shape index (κ2) is 5.65. The summed E-state index contributed by atoms with van der Waals surface area (Å²) >= 11 is 0. The number of likely N-dealkylation sites (tertiary alicyclic amines) is 1. The molecular formula is C18H25FN2O. The van der Waals surface area contributed by atoms with Gasteiger partial charge >= 0.3 is 0 Å². The van der Waals surface area contributed by atoms with Gasteiger partial charge in [-0.1, -0.05) is 26.0 Å². The summed E-state index contributed by atoms with van der Waals surface area (Å²) in [5.41, 5.74) is 6.90. The van der Waals surface area contributed by atoms with E-state index in [4.69, 9.17) is 5.73 Å². The Bertz CT molecular complexity index is 551. The third-order valence-electron chi connectivity index (χ3n) is 5.21. The number of benzene rings is 1. The van der Waals surface area contributed by atoms with Gasteiger partial charge in [-0.25, -0.2) is 4.39 Å². The van der Waals surface area contributed by atoms with Crippen LogP contribution < -0.4 is 5.73 Å². The number of nitrogens with two attached hydrogens (primary N) is 1. The molecule has 0 aromatic heterocycles. The quantitative estimate of drug-likeness (QED) is 0.929. The minimum absolute atomic E-state index is 0.130. The zero-order chi connectivity index (χ0) is 15.9. The molecule has 4 heteroatoms. The van der Waals surface area contributed by atoms with E-state index in [1.54, 1.807) is 12.1 Å². The second-order valence-electron chi connectivity index (χ2n) is 7.53. The summed E-state index contributed by atoms with van der Waals surface area (Å²) in [7, 11) is 0. The maximum Gasteiger partial charge on any atom is 0.223 e. The number of amides is 1. The standard InChI is InChI=1S/C18H25FN2O/c1-18(2,13-5-7-14(19)8-6-13)9-17(22)21-10-15(12-3-4-12)16(20)11-21/h5-8,12,15-16H,3-4,9-11,20H2,1-2H3/t15-,16+/m1/s1. The molecule has 1 aliphatic carbocycles. The molecule has 0 radical (unpaired) electrons. The van der Waals surface area contributed by atoms with Crippen molar-refractivity contribution in [3.8, 4) is 0 Å². The van der Waals surface area contributed by atoms with Crippen LogP contribution in [0.2, 0.25) is 0 Å². The molecular weight excluding hydrogens is 279 g/mol. The lowest BCUT2D eigenvalue weighted by Gasteiger charge is -2.27. The van der Waals surface area contributed by atoms with Gasteiger partial charge in [-0.15, -0.1) is 0 Å². The largest absolute Gasteiger partial charge is 0.341 e. The molecule has 1 saturated carbocycles. The van der Waals surface area contributed by atoms with E-state index in [9.17, 15) is 9.18 Å². The summed E-state index contributed by atoms with van der Waals surface area (Å²) in [5.74, 6) is 1.13. The molecule has 1 aromatic rings. The fourth-order valence-electron chi connectivity index (χ4n) is 3.57. The Morgan fingerprint density at radius 1 is 1.27 bits per heavy atom. The molecule has 2 N–H and O–H groups in total. The van der Waals surface area contributed by atoms with E-state index in [2.05, 4.69) is 0 Å². The van der Waals surface area contributed by atoms with Gasteiger partial charge in [0.15, 0.2) is 0 Å². The normalized spacial score (nSPS) is 25.5. The number of hydrogen-bond donors (Lipinski definition) is 1. The predicted molar refractivity (Wildman–Crippen MR) is 84.8 cm³/mol. The van der Waals surface area contributed by atoms with Crippen LogP contribution in [-0.4, -0.2) is 29.9 Å². The fourth-order valence-corrected chi connectivity index (χ4v) is 3.57. The van der Waals surface area contributed by atoms with Crippen LogP contribution in [-0.2, 0) is 10.2 Å². The highest BCUT2D eigenvalue weighted by atomic mass is 19.1. The zero-order valence-corrected chi connectivity index (χ0v) is 13.4. The molecule has 3 nitrogen and oxygen atoms in total. The number of halogens is 1. The lowest BCUT2D eigenvalue weighted by atomic mass is 9.81. The Morgan fingerprint density at radius 2 is 1.91 bits per heavy atom. The van der Waals surface area contributed by atoms with Crippen LogP contribution in [0.15, 0.2) is 24.3 Å². The lowest BCUT2D eigenvalue weighted by Crippen LogP contribution is -2.35. The molecule has 1 heterocycles. The number of carbonyl (C=O) groups is 1. The zero-order valence-electron chi connectivity index (χ0n) is 13.4. The number of hydrogen-bond acceptors (Lipinski definition) is 2. The van der Waals surface area contributed by atoms with E-state index >= 15 is 0 Å². The van der Waals surface area contributed by atoms with Crippen molar-refractivity contribution >= 4 is 5.91 Å². The van der Waals surface area contributed by atoms with Gasteiger partial charge < -0.3 is 10.6 Å². The molecule has 1 aromatic carbocycles. The van der Waals surface area contributed by atoms with Crippen molar-refractivity contribution in [3.63, 3.8) is 0 Å². The summed E-state index contributed by atoms with van der Waals surface area (Å²) in [5, 5.41) is 0. The van der Waals surface area contributed by atoms with E-state index in [1.807, 2.05) is 18.7 Å². The average Bonchev–Trinajstić information content (AvgIpc) is 3.21. The van der Waals surface area contributed by atoms with Crippen LogP contribution >= 0.6 is 0 Å². The number of rotatable bonds is 4. The monoisotopic (exact) mass is 304 g/mol. The van der Waals surface area contributed by atoms with Crippen molar-refractivity contribution in [2.24, 2.45) is 17.6 Å². The van der Waals surface area contributed by atoms with E-state index in [-0.39, 0.29) is 23.2 Å². The Morgan fingerprint density at radius 3 is 2.50 bits per heavy atom. The van der Waals surface area contributed by atoms with Crippen molar-refractivity contribution in [1.29, 1.82) is 0 Å². The Kier molecular flexibility index (Phi) is 3.98. The maximum absolute atomic E-state index is 13.1. The van der Waals surface area contributed by atoms with Crippen molar-refractivity contribution in [2.45, 2.75) is 44.6 Å². The molecule has 0 bridgehead atoms. The highest BCUT2D eigenvalue weighted by Gasteiger charge is 2.42. The van der Waals surface area contributed by atoms with E-state index in [0.29, 0.717) is 18.9 Å². The first-order chi connectivity index (χ1) is 10.4. The smallest absolute Gasteiger partial charge is 0.223 e. The van der Waals surface area contributed by atoms with Crippen LogP contribution in [0, 0.1) is 17.7 Å². The van der Waals surface area contributed by atoms with E-state index < -0.39 is 0 Å². The Hall–Kier alpha value is -1.42. The van der Waals surface area contributed by atoms with E-state index in [1.165, 1.54) is 25.0 Å². The molecule has 1 amide bonds. The van der Waals surface area contributed by atoms with E-state index in [0.717, 1.165) is 18.0 Å². The molecule has 2 aliphatic rings. The molecule has 1 saturated heterocycles. The minimum Gasteiger partial charge on any atom is -0.341 e. The van der Waals surface area contributed by atoms with Crippen LogP contribution in [0.4, 0.5) is 4.39 Å². The Balaban J connectivity index is 1.64. The van der Waals surface area contributed by atoms with Crippen molar-refractivity contribution < 1.29 is 9.18 Å². The van der Waals surface area contributed by atoms with Gasteiger partial charge in [0.25, 0.3) is 0 Å². The minimum atomic E-state index is -0.299. The first-order valence-electron chi connectivity index (χ1n) is 8.16. The molecule has 2 atom stereocenters. The van der Waals surface area contributed by atoms with Gasteiger partial charge in [-0.3, -0.25) is 4.79 Å². The van der Waals surface area contributed by atoms with Crippen molar-refractivity contribution in [3.05, 3.63) is 35.6 Å². The third kappa shape index (κ3) is 3.17. The molecule has 120 valence electrons. The first kappa shape index (κ1) is 15.5. The summed E-state index contributed by atoms with van der Waals surface area (Å²) < 4.78 is 13.1. The van der Waals surface area contributed by atoms with Gasteiger partial charge in [0.2, 0.25) is 5.91 Å². The Labute approximate surface area is 131 Å². The number of carbonyl (C=O) groups excluding carboxylic acids is 1. The summed E-state index contributed by atoms with van der Waals surface area (Å²) in [6.07, 6.45) is 2.96. The van der Waals surface area contributed by atoms with Gasteiger partial charge in [-0.05, 0) is 47.8 Å². The van der Waals surface area contributed by atoms with Gasteiger partial charge in [0.05, 0.1) is 0 Å². The van der Waals surface area contributed by atoms with Crippen molar-refractivity contribution in [1.82, 2.24) is 4.90 Å². The molecule has 0 unspecified atom stereocenters. The van der Waals surface area contributed by atoms with Gasteiger partial charge in [0.1, 0.15) is 5.82 Å². The molecule has 0 spiro atoms. The van der Waals surface area contributed by atoms with Crippen LogP contribution in [0.5, 0.6) is 0 Å². The van der Waals surface area contributed by atoms with Gasteiger partial charge in [0, 0.05) is 25.6 Å². The SMILES string of the molecule is CC(C)(CC(=O)N1C[C@H](C2CC2)[C@@H](N)C1)c1ccc(F)cc1. The number of nitrogens with zero attached hydrogens (tertiary/aromatic N) is 1. The topological polar surface area (TPSA) is 46.3 Å². The van der Waals surface area contributed by atoms with Crippen LogP contribution in [0.1, 0.15) is 38.7 Å². The maximum atomic E-state index is 13.1. The second-order valence-corrected chi connectivity index (χ2v) is 7.53. The highest BCUT2D eigenvalue weighted by Crippen LogP contribution is 2.41. The lowest BCUT2D eigenvalue weighted by molar-refractivity contribution is -0.131. The predicted octanol–water partition coefficient (Wildman–Crippen LogP) is 2.69. The van der Waals surface area contributed by atoms with Crippen molar-refractivity contribution in [2.75, 3.05) is 13.1 Å². The van der Waals surface area contributed by atoms with Crippen LogP contribution in [0.25, 0.3) is 0 Å². The third-order valence-corrected chi connectivity index (χ3v) is 5.21. The fraction of sp³-hybridized carbons (Fsp3) is 0.611.